The number of nitrogens with zero attached hydrogens (tertiary/aromatic N) is 4. The summed E-state index contributed by atoms with van der Waals surface area (Å²) in [5.74, 6) is 0.625. The van der Waals surface area contributed by atoms with E-state index in [1.54, 1.807) is 10.7 Å². The molecule has 0 radical (unpaired) electrons. The van der Waals surface area contributed by atoms with E-state index in [-0.39, 0.29) is 0 Å². The zero-order chi connectivity index (χ0) is 10.7. The molecule has 0 aliphatic rings. The standard InChI is InChI=1S/C10H10N4O/c1-2-14-10(11-12-13-14)9-6-4-3-5-8(9)7-15/h3-7H,2H2,1H3. The first-order valence-electron chi connectivity index (χ1n) is 4.67. The summed E-state index contributed by atoms with van der Waals surface area (Å²) in [6.07, 6.45) is 0.810. The minimum Gasteiger partial charge on any atom is -0.298 e. The number of aryl methyl sites for hydroxylation is 1. The van der Waals surface area contributed by atoms with Crippen molar-refractivity contribution in [1.82, 2.24) is 20.2 Å². The highest BCUT2D eigenvalue weighted by Gasteiger charge is 2.10. The third kappa shape index (κ3) is 1.63. The average Bonchev–Trinajstić information content (AvgIpc) is 2.76. The van der Waals surface area contributed by atoms with Gasteiger partial charge in [0.05, 0.1) is 0 Å². The Morgan fingerprint density at radius 2 is 2.20 bits per heavy atom. The van der Waals surface area contributed by atoms with E-state index in [0.29, 0.717) is 17.9 Å². The lowest BCUT2D eigenvalue weighted by Crippen LogP contribution is -2.01. The molecule has 0 spiro atoms. The monoisotopic (exact) mass is 202 g/mol. The first-order chi connectivity index (χ1) is 7.36. The Morgan fingerprint density at radius 1 is 1.40 bits per heavy atom. The van der Waals surface area contributed by atoms with Crippen LogP contribution in [0.2, 0.25) is 0 Å². The predicted octanol–water partition coefficient (Wildman–Crippen LogP) is 1.17. The van der Waals surface area contributed by atoms with Crippen LogP contribution >= 0.6 is 0 Å². The van der Waals surface area contributed by atoms with Crippen LogP contribution in [0, 0.1) is 0 Å². The second-order valence-corrected chi connectivity index (χ2v) is 3.02. The van der Waals surface area contributed by atoms with Crippen molar-refractivity contribution in [3.8, 4) is 11.4 Å². The van der Waals surface area contributed by atoms with Gasteiger partial charge in [0.15, 0.2) is 12.1 Å². The van der Waals surface area contributed by atoms with Crippen molar-refractivity contribution in [2.75, 3.05) is 0 Å². The highest BCUT2D eigenvalue weighted by Crippen LogP contribution is 2.18. The molecule has 0 N–H and O–H groups in total. The van der Waals surface area contributed by atoms with Crippen molar-refractivity contribution in [3.05, 3.63) is 29.8 Å². The van der Waals surface area contributed by atoms with Gasteiger partial charge in [-0.05, 0) is 17.4 Å². The molecule has 0 bridgehead atoms. The number of carbonyl (C=O) groups is 1. The van der Waals surface area contributed by atoms with Crippen LogP contribution in [0.5, 0.6) is 0 Å². The van der Waals surface area contributed by atoms with E-state index in [1.807, 2.05) is 25.1 Å². The van der Waals surface area contributed by atoms with Gasteiger partial charge in [-0.1, -0.05) is 24.3 Å². The SMILES string of the molecule is CCn1nnnc1-c1ccccc1C=O. The van der Waals surface area contributed by atoms with E-state index in [1.165, 1.54) is 0 Å². The third-order valence-electron chi connectivity index (χ3n) is 2.16. The van der Waals surface area contributed by atoms with Gasteiger partial charge in [-0.2, -0.15) is 0 Å². The van der Waals surface area contributed by atoms with Crippen LogP contribution < -0.4 is 0 Å². The van der Waals surface area contributed by atoms with Gasteiger partial charge in [-0.25, -0.2) is 4.68 Å². The second-order valence-electron chi connectivity index (χ2n) is 3.02. The molecule has 0 aliphatic heterocycles. The van der Waals surface area contributed by atoms with Gasteiger partial charge in [-0.3, -0.25) is 4.79 Å². The summed E-state index contributed by atoms with van der Waals surface area (Å²) in [5.41, 5.74) is 1.36. The topological polar surface area (TPSA) is 60.7 Å². The van der Waals surface area contributed by atoms with Crippen molar-refractivity contribution < 1.29 is 4.79 Å². The maximum Gasteiger partial charge on any atom is 0.182 e. The number of tetrazole rings is 1. The zero-order valence-corrected chi connectivity index (χ0v) is 8.29. The molecule has 5 heteroatoms. The molecule has 1 heterocycles. The Balaban J connectivity index is 2.58. The zero-order valence-electron chi connectivity index (χ0n) is 8.29. The van der Waals surface area contributed by atoms with Gasteiger partial charge in [0.1, 0.15) is 0 Å². The molecule has 0 fully saturated rings. The largest absolute Gasteiger partial charge is 0.298 e. The summed E-state index contributed by atoms with van der Waals surface area (Å²) in [5, 5.41) is 11.3. The minimum atomic E-state index is 0.599. The average molecular weight is 202 g/mol. The van der Waals surface area contributed by atoms with E-state index >= 15 is 0 Å². The Morgan fingerprint density at radius 3 is 2.93 bits per heavy atom. The molecule has 2 rings (SSSR count). The molecule has 0 unspecified atom stereocenters. The first kappa shape index (κ1) is 9.51. The number of hydrogen-bond acceptors (Lipinski definition) is 4. The quantitative estimate of drug-likeness (QED) is 0.701. The number of aldehydes is 1. The smallest absolute Gasteiger partial charge is 0.182 e. The summed E-state index contributed by atoms with van der Waals surface area (Å²) in [6.45, 7) is 2.62. The molecule has 2 aromatic rings. The van der Waals surface area contributed by atoms with Gasteiger partial charge in [0, 0.05) is 17.7 Å². The summed E-state index contributed by atoms with van der Waals surface area (Å²) >= 11 is 0. The van der Waals surface area contributed by atoms with Gasteiger partial charge in [0.2, 0.25) is 0 Å². The van der Waals surface area contributed by atoms with Crippen LogP contribution in [-0.2, 0) is 6.54 Å². The van der Waals surface area contributed by atoms with Gasteiger partial charge in [-0.15, -0.1) is 5.10 Å². The Hall–Kier alpha value is -2.04. The maximum absolute atomic E-state index is 10.8. The maximum atomic E-state index is 10.8. The van der Waals surface area contributed by atoms with E-state index in [2.05, 4.69) is 15.5 Å². The van der Waals surface area contributed by atoms with Gasteiger partial charge in [0.25, 0.3) is 0 Å². The van der Waals surface area contributed by atoms with Crippen molar-refractivity contribution >= 4 is 6.29 Å². The number of carbonyl (C=O) groups excluding carboxylic acids is 1. The fourth-order valence-corrected chi connectivity index (χ4v) is 1.41. The number of benzene rings is 1. The lowest BCUT2D eigenvalue weighted by Gasteiger charge is -2.03. The Bertz CT molecular complexity index is 478. The second kappa shape index (κ2) is 4.00. The number of rotatable bonds is 3. The van der Waals surface area contributed by atoms with Crippen molar-refractivity contribution in [3.63, 3.8) is 0 Å². The molecule has 0 saturated carbocycles. The van der Waals surface area contributed by atoms with Crippen LogP contribution in [0.1, 0.15) is 17.3 Å². The molecule has 0 amide bonds. The lowest BCUT2D eigenvalue weighted by molar-refractivity contribution is 0.112. The summed E-state index contributed by atoms with van der Waals surface area (Å²) in [7, 11) is 0. The minimum absolute atomic E-state index is 0.599. The highest BCUT2D eigenvalue weighted by molar-refractivity contribution is 5.85. The number of hydrogen-bond donors (Lipinski definition) is 0. The Kier molecular flexibility index (Phi) is 2.53. The summed E-state index contributed by atoms with van der Waals surface area (Å²) in [6, 6.07) is 7.25. The molecule has 15 heavy (non-hydrogen) atoms. The highest BCUT2D eigenvalue weighted by atomic mass is 16.1. The summed E-state index contributed by atoms with van der Waals surface area (Å²) < 4.78 is 1.66. The fourth-order valence-electron chi connectivity index (χ4n) is 1.41. The third-order valence-corrected chi connectivity index (χ3v) is 2.16. The first-order valence-corrected chi connectivity index (χ1v) is 4.67. The molecule has 1 aromatic carbocycles. The van der Waals surface area contributed by atoms with Crippen LogP contribution in [0.15, 0.2) is 24.3 Å². The van der Waals surface area contributed by atoms with Crippen molar-refractivity contribution in [1.29, 1.82) is 0 Å². The van der Waals surface area contributed by atoms with Gasteiger partial charge < -0.3 is 0 Å². The van der Waals surface area contributed by atoms with Crippen molar-refractivity contribution in [2.45, 2.75) is 13.5 Å². The molecule has 5 nitrogen and oxygen atoms in total. The molecular formula is C10H10N4O. The number of aromatic nitrogens is 4. The normalized spacial score (nSPS) is 10.2. The summed E-state index contributed by atoms with van der Waals surface area (Å²) in [4.78, 5) is 10.8. The van der Waals surface area contributed by atoms with Crippen LogP contribution in [0.25, 0.3) is 11.4 Å². The molecule has 0 aliphatic carbocycles. The molecule has 1 aromatic heterocycles. The van der Waals surface area contributed by atoms with Crippen molar-refractivity contribution in [2.24, 2.45) is 0 Å². The Labute approximate surface area is 86.7 Å². The fraction of sp³-hybridized carbons (Fsp3) is 0.200. The van der Waals surface area contributed by atoms with E-state index < -0.39 is 0 Å². The van der Waals surface area contributed by atoms with Gasteiger partial charge >= 0.3 is 0 Å². The predicted molar refractivity (Wildman–Crippen MR) is 54.3 cm³/mol. The van der Waals surface area contributed by atoms with E-state index in [9.17, 15) is 4.79 Å². The lowest BCUT2D eigenvalue weighted by atomic mass is 10.1. The molecule has 76 valence electrons. The van der Waals surface area contributed by atoms with Crippen LogP contribution in [0.4, 0.5) is 0 Å². The van der Waals surface area contributed by atoms with E-state index in [4.69, 9.17) is 0 Å². The van der Waals surface area contributed by atoms with Crippen LogP contribution in [-0.4, -0.2) is 26.5 Å². The molecule has 0 saturated heterocycles. The van der Waals surface area contributed by atoms with Crippen LogP contribution in [0.3, 0.4) is 0 Å². The van der Waals surface area contributed by atoms with E-state index in [0.717, 1.165) is 11.8 Å². The molecule has 0 atom stereocenters. The molecular weight excluding hydrogens is 192 g/mol.